The number of aryl methyl sites for hydroxylation is 1. The van der Waals surface area contributed by atoms with E-state index >= 15 is 0 Å². The van der Waals surface area contributed by atoms with Crippen LogP contribution in [0.15, 0.2) is 91.0 Å². The van der Waals surface area contributed by atoms with Crippen molar-refractivity contribution < 1.29 is 24.2 Å². The minimum absolute atomic E-state index is 0.230. The van der Waals surface area contributed by atoms with Gasteiger partial charge in [-0.15, -0.1) is 0 Å². The summed E-state index contributed by atoms with van der Waals surface area (Å²) in [4.78, 5) is 46.4. The highest BCUT2D eigenvalue weighted by Crippen LogP contribution is 2.53. The summed E-state index contributed by atoms with van der Waals surface area (Å²) in [5.74, 6) is 1.53. The molecule has 10 nitrogen and oxygen atoms in total. The predicted octanol–water partition coefficient (Wildman–Crippen LogP) is 6.71. The monoisotopic (exact) mass is 793 g/mol. The summed E-state index contributed by atoms with van der Waals surface area (Å²) in [7, 11) is 1.62. The van der Waals surface area contributed by atoms with Crippen LogP contribution in [0.2, 0.25) is 0 Å². The third-order valence-electron chi connectivity index (χ3n) is 14.7. The number of fused-ring (bicyclic) bond motifs is 4. The van der Waals surface area contributed by atoms with Gasteiger partial charge in [-0.05, 0) is 127 Å². The van der Waals surface area contributed by atoms with Crippen LogP contribution in [0, 0.1) is 11.3 Å². The molecule has 0 bridgehead atoms. The standard InChI is InChI=1S/C49H55N5O5/c1-51(43-17-18-45(56)50-47(43)57)48(58)36-10-16-42-44(26-36)59-31-38-30-52(23-24-54(38)42)29-32-27-49(28-32)19-21-53(22-20-49)37-11-7-34(8-12-37)46-40(33-5-3-2-4-6-33)14-9-35-25-39(55)13-15-41(35)46/h2-8,10-13,15-16,25-26,32,38,40,43,46,55H,9,14,17-24,27-31H2,1H3,(H,50,56,57)/t38-,40-,43?,46+/m1/s1. The molecule has 10 rings (SSSR count). The van der Waals surface area contributed by atoms with Gasteiger partial charge in [0, 0.05) is 69.9 Å². The van der Waals surface area contributed by atoms with Crippen LogP contribution >= 0.6 is 0 Å². The summed E-state index contributed by atoms with van der Waals surface area (Å²) in [5, 5.41) is 12.6. The van der Waals surface area contributed by atoms with Crippen LogP contribution in [0.1, 0.15) is 89.4 Å². The Balaban J connectivity index is 0.716. The average molecular weight is 794 g/mol. The second-order valence-corrected chi connectivity index (χ2v) is 18.3. The van der Waals surface area contributed by atoms with Gasteiger partial charge in [-0.25, -0.2) is 0 Å². The molecule has 3 amide bonds. The number of carbonyl (C=O) groups excluding carboxylic acids is 3. The van der Waals surface area contributed by atoms with Gasteiger partial charge in [0.1, 0.15) is 24.1 Å². The number of hydrogen-bond acceptors (Lipinski definition) is 8. The molecule has 59 heavy (non-hydrogen) atoms. The SMILES string of the molecule is CN(C(=O)c1ccc2c(c1)OC[C@H]1CN(CC3CC4(CCN(c5ccc([C@@H]6c7ccc(O)cc7CC[C@@H]6c6ccccc6)cc5)CC4)C3)CCN21)C1CCC(=O)NC1=O. The Kier molecular flexibility index (Phi) is 9.86. The number of likely N-dealkylation sites (N-methyl/N-ethyl adjacent to an activating group) is 1. The highest BCUT2D eigenvalue weighted by Gasteiger charge is 2.47. The van der Waals surface area contributed by atoms with E-state index < -0.39 is 11.9 Å². The highest BCUT2D eigenvalue weighted by atomic mass is 16.5. The molecule has 4 fully saturated rings. The Bertz CT molecular complexity index is 2230. The molecule has 4 aromatic carbocycles. The lowest BCUT2D eigenvalue weighted by Crippen LogP contribution is -2.59. The fourth-order valence-corrected chi connectivity index (χ4v) is 11.6. The molecule has 6 aliphatic rings. The van der Waals surface area contributed by atoms with Crippen molar-refractivity contribution in [3.8, 4) is 11.5 Å². The Morgan fingerprint density at radius 1 is 0.881 bits per heavy atom. The Morgan fingerprint density at radius 3 is 2.46 bits per heavy atom. The first-order valence-electron chi connectivity index (χ1n) is 21.8. The van der Waals surface area contributed by atoms with Gasteiger partial charge in [-0.1, -0.05) is 48.5 Å². The number of ether oxygens (including phenoxy) is 1. The zero-order valence-corrected chi connectivity index (χ0v) is 34.0. The van der Waals surface area contributed by atoms with Crippen LogP contribution < -0.4 is 19.9 Å². The molecule has 306 valence electrons. The quantitative estimate of drug-likeness (QED) is 0.199. The Labute approximate surface area is 347 Å². The van der Waals surface area contributed by atoms with E-state index in [1.54, 1.807) is 7.05 Å². The predicted molar refractivity (Wildman–Crippen MR) is 228 cm³/mol. The van der Waals surface area contributed by atoms with Crippen LogP contribution in [-0.4, -0.2) is 97.6 Å². The van der Waals surface area contributed by atoms with Gasteiger partial charge >= 0.3 is 0 Å². The minimum Gasteiger partial charge on any atom is -0.508 e. The maximum absolute atomic E-state index is 13.3. The first-order chi connectivity index (χ1) is 28.7. The first kappa shape index (κ1) is 37.9. The number of amides is 3. The number of carbonyl (C=O) groups is 3. The molecule has 0 radical (unpaired) electrons. The van der Waals surface area contributed by atoms with E-state index in [9.17, 15) is 19.5 Å². The fourth-order valence-electron chi connectivity index (χ4n) is 11.6. The molecule has 2 N–H and O–H groups in total. The van der Waals surface area contributed by atoms with Crippen LogP contribution in [0.5, 0.6) is 11.5 Å². The molecule has 10 heteroatoms. The number of phenolic OH excluding ortho intramolecular Hbond substituents is 1. The number of nitrogens with one attached hydrogen (secondary N) is 1. The number of nitrogens with zero attached hydrogens (tertiary/aromatic N) is 4. The first-order valence-corrected chi connectivity index (χ1v) is 21.8. The molecule has 3 saturated heterocycles. The lowest BCUT2D eigenvalue weighted by molar-refractivity contribution is -0.136. The summed E-state index contributed by atoms with van der Waals surface area (Å²) in [6.07, 6.45) is 7.79. The third kappa shape index (κ3) is 7.23. The number of piperidine rings is 2. The summed E-state index contributed by atoms with van der Waals surface area (Å²) in [6.45, 7) is 6.89. The fraction of sp³-hybridized carbons (Fsp3) is 0.449. The van der Waals surface area contributed by atoms with Crippen molar-refractivity contribution in [1.29, 1.82) is 0 Å². The topological polar surface area (TPSA) is 106 Å². The van der Waals surface area contributed by atoms with Crippen molar-refractivity contribution in [3.63, 3.8) is 0 Å². The van der Waals surface area contributed by atoms with E-state index in [0.717, 1.165) is 63.7 Å². The summed E-state index contributed by atoms with van der Waals surface area (Å²) in [5.41, 5.74) is 8.68. The second-order valence-electron chi connectivity index (χ2n) is 18.3. The van der Waals surface area contributed by atoms with Crippen molar-refractivity contribution in [1.82, 2.24) is 15.1 Å². The average Bonchev–Trinajstić information content (AvgIpc) is 3.25. The van der Waals surface area contributed by atoms with Gasteiger partial charge < -0.3 is 24.5 Å². The molecule has 4 aliphatic heterocycles. The van der Waals surface area contributed by atoms with Gasteiger partial charge in [0.25, 0.3) is 5.91 Å². The second kappa shape index (κ2) is 15.4. The Hall–Kier alpha value is -5.35. The zero-order chi connectivity index (χ0) is 40.3. The molecule has 4 heterocycles. The molecule has 4 atom stereocenters. The maximum Gasteiger partial charge on any atom is 0.254 e. The molecule has 1 saturated carbocycles. The smallest absolute Gasteiger partial charge is 0.254 e. The van der Waals surface area contributed by atoms with Crippen molar-refractivity contribution in [2.45, 2.75) is 75.3 Å². The summed E-state index contributed by atoms with van der Waals surface area (Å²) in [6, 6.07) is 31.6. The van der Waals surface area contributed by atoms with Gasteiger partial charge in [-0.2, -0.15) is 0 Å². The molecule has 1 spiro atoms. The third-order valence-corrected chi connectivity index (χ3v) is 14.7. The van der Waals surface area contributed by atoms with E-state index in [-0.39, 0.29) is 30.2 Å². The van der Waals surface area contributed by atoms with E-state index in [4.69, 9.17) is 4.74 Å². The highest BCUT2D eigenvalue weighted by molar-refractivity contribution is 6.04. The van der Waals surface area contributed by atoms with Gasteiger partial charge in [0.05, 0.1) is 11.7 Å². The zero-order valence-electron chi connectivity index (χ0n) is 34.0. The Morgan fingerprint density at radius 2 is 1.68 bits per heavy atom. The molecular formula is C49H55N5O5. The normalized spacial score (nSPS) is 25.2. The minimum atomic E-state index is -0.657. The lowest BCUT2D eigenvalue weighted by atomic mass is 9.57. The van der Waals surface area contributed by atoms with Crippen LogP contribution in [0.25, 0.3) is 0 Å². The van der Waals surface area contributed by atoms with E-state index in [2.05, 4.69) is 80.7 Å². The molecule has 4 aromatic rings. The number of hydrogen-bond donors (Lipinski definition) is 2. The van der Waals surface area contributed by atoms with Crippen molar-refractivity contribution in [2.75, 3.05) is 62.7 Å². The van der Waals surface area contributed by atoms with Gasteiger partial charge in [0.2, 0.25) is 11.8 Å². The van der Waals surface area contributed by atoms with E-state index in [1.165, 1.54) is 58.5 Å². The van der Waals surface area contributed by atoms with Crippen molar-refractivity contribution in [3.05, 3.63) is 119 Å². The summed E-state index contributed by atoms with van der Waals surface area (Å²) >= 11 is 0. The summed E-state index contributed by atoms with van der Waals surface area (Å²) < 4.78 is 6.28. The molecule has 1 unspecified atom stereocenters. The number of benzene rings is 4. The number of anilines is 2. The number of imide groups is 1. The number of piperazine rings is 1. The molecule has 0 aromatic heterocycles. The van der Waals surface area contributed by atoms with Crippen molar-refractivity contribution >= 4 is 29.1 Å². The molecule has 2 aliphatic carbocycles. The van der Waals surface area contributed by atoms with E-state index in [1.807, 2.05) is 30.3 Å². The lowest BCUT2D eigenvalue weighted by Gasteiger charge is -2.54. The number of rotatable bonds is 7. The largest absolute Gasteiger partial charge is 0.508 e. The van der Waals surface area contributed by atoms with Gasteiger partial charge in [0.15, 0.2) is 0 Å². The van der Waals surface area contributed by atoms with Crippen LogP contribution in [0.4, 0.5) is 11.4 Å². The van der Waals surface area contributed by atoms with E-state index in [0.29, 0.717) is 41.4 Å². The van der Waals surface area contributed by atoms with Gasteiger partial charge in [-0.3, -0.25) is 24.6 Å². The molecular weight excluding hydrogens is 739 g/mol. The number of phenols is 1. The van der Waals surface area contributed by atoms with Crippen LogP contribution in [0.3, 0.4) is 0 Å². The number of aromatic hydroxyl groups is 1. The van der Waals surface area contributed by atoms with Crippen LogP contribution in [-0.2, 0) is 16.0 Å². The maximum atomic E-state index is 13.3. The van der Waals surface area contributed by atoms with Crippen molar-refractivity contribution in [2.24, 2.45) is 11.3 Å².